The molecule has 0 saturated heterocycles. The monoisotopic (exact) mass is 274 g/mol. The molecule has 0 aliphatic heterocycles. The van der Waals surface area contributed by atoms with E-state index in [0.717, 1.165) is 6.42 Å². The van der Waals surface area contributed by atoms with Crippen LogP contribution in [0, 0.1) is 0 Å². The number of ether oxygens (including phenoxy) is 2. The van der Waals surface area contributed by atoms with E-state index in [-0.39, 0.29) is 23.8 Å². The van der Waals surface area contributed by atoms with Crippen molar-refractivity contribution in [1.29, 1.82) is 0 Å². The van der Waals surface area contributed by atoms with Gasteiger partial charge in [0.1, 0.15) is 0 Å². The molecule has 0 fully saturated rings. The second-order valence-corrected chi connectivity index (χ2v) is 5.54. The molecule has 0 saturated carbocycles. The van der Waals surface area contributed by atoms with Gasteiger partial charge in [-0.15, -0.1) is 0 Å². The molecule has 0 spiro atoms. The number of nitrogens with one attached hydrogen (secondary N) is 2. The van der Waals surface area contributed by atoms with E-state index in [4.69, 9.17) is 9.47 Å². The Labute approximate surface area is 117 Å². The molecule has 0 rings (SSSR count). The Bertz CT molecular complexity index is 246. The van der Waals surface area contributed by atoms with Crippen molar-refractivity contribution >= 4 is 5.91 Å². The summed E-state index contributed by atoms with van der Waals surface area (Å²) in [6.45, 7) is 13.6. The van der Waals surface area contributed by atoms with Crippen LogP contribution in [0.2, 0.25) is 0 Å². The van der Waals surface area contributed by atoms with Gasteiger partial charge in [-0.1, -0.05) is 0 Å². The Morgan fingerprint density at radius 1 is 1.16 bits per heavy atom. The number of hydrogen-bond acceptors (Lipinski definition) is 4. The average Bonchev–Trinajstić information content (AvgIpc) is 2.27. The van der Waals surface area contributed by atoms with Crippen molar-refractivity contribution in [1.82, 2.24) is 10.6 Å². The van der Waals surface area contributed by atoms with E-state index in [0.29, 0.717) is 19.8 Å². The molecule has 19 heavy (non-hydrogen) atoms. The number of rotatable bonds is 9. The van der Waals surface area contributed by atoms with E-state index in [1.165, 1.54) is 0 Å². The number of hydrogen-bond donors (Lipinski definition) is 2. The lowest BCUT2D eigenvalue weighted by molar-refractivity contribution is -0.139. The van der Waals surface area contributed by atoms with Gasteiger partial charge in [0.05, 0.1) is 6.04 Å². The molecule has 1 atom stereocenters. The van der Waals surface area contributed by atoms with Gasteiger partial charge in [0, 0.05) is 31.7 Å². The van der Waals surface area contributed by atoms with Crippen molar-refractivity contribution in [3.63, 3.8) is 0 Å². The van der Waals surface area contributed by atoms with E-state index < -0.39 is 0 Å². The first-order valence-electron chi connectivity index (χ1n) is 7.08. The van der Waals surface area contributed by atoms with Gasteiger partial charge in [0.2, 0.25) is 5.91 Å². The molecular formula is C14H30N2O3. The van der Waals surface area contributed by atoms with Gasteiger partial charge >= 0.3 is 0 Å². The minimum absolute atomic E-state index is 0.0110. The van der Waals surface area contributed by atoms with Crippen molar-refractivity contribution in [3.8, 4) is 0 Å². The second kappa shape index (κ2) is 9.28. The van der Waals surface area contributed by atoms with Crippen LogP contribution in [-0.2, 0) is 14.3 Å². The number of carbonyl (C=O) groups is 1. The minimum atomic E-state index is -0.219. The summed E-state index contributed by atoms with van der Waals surface area (Å²) in [6, 6.07) is -0.219. The fraction of sp³-hybridized carbons (Fsp3) is 0.929. The Balaban J connectivity index is 3.94. The summed E-state index contributed by atoms with van der Waals surface area (Å²) in [5.74, 6) is 0.0110. The molecule has 2 N–H and O–H groups in total. The van der Waals surface area contributed by atoms with Gasteiger partial charge in [-0.2, -0.15) is 0 Å². The van der Waals surface area contributed by atoms with E-state index in [1.54, 1.807) is 0 Å². The lowest BCUT2D eigenvalue weighted by Gasteiger charge is -2.24. The summed E-state index contributed by atoms with van der Waals surface area (Å²) in [4.78, 5) is 11.8. The maximum atomic E-state index is 11.8. The van der Waals surface area contributed by atoms with E-state index in [1.807, 2.05) is 41.5 Å². The van der Waals surface area contributed by atoms with Gasteiger partial charge in [0.15, 0.2) is 6.29 Å². The Kier molecular flexibility index (Phi) is 8.97. The third kappa shape index (κ3) is 9.87. The largest absolute Gasteiger partial charge is 0.353 e. The van der Waals surface area contributed by atoms with E-state index >= 15 is 0 Å². The van der Waals surface area contributed by atoms with Crippen LogP contribution >= 0.6 is 0 Å². The molecule has 5 heteroatoms. The van der Waals surface area contributed by atoms with Crippen LogP contribution in [0.4, 0.5) is 0 Å². The SMILES string of the molecule is CCOC(CCNC(C)C(=O)NC(C)(C)C)OCC. The van der Waals surface area contributed by atoms with Gasteiger partial charge < -0.3 is 20.1 Å². The van der Waals surface area contributed by atoms with Gasteiger partial charge in [-0.25, -0.2) is 0 Å². The van der Waals surface area contributed by atoms with E-state index in [2.05, 4.69) is 10.6 Å². The number of carbonyl (C=O) groups excluding carboxylic acids is 1. The Morgan fingerprint density at radius 2 is 1.68 bits per heavy atom. The highest BCUT2D eigenvalue weighted by atomic mass is 16.7. The fourth-order valence-corrected chi connectivity index (χ4v) is 1.57. The molecular weight excluding hydrogens is 244 g/mol. The van der Waals surface area contributed by atoms with Crippen LogP contribution in [-0.4, -0.2) is 43.5 Å². The molecule has 5 nitrogen and oxygen atoms in total. The normalized spacial score (nSPS) is 13.6. The minimum Gasteiger partial charge on any atom is -0.353 e. The van der Waals surface area contributed by atoms with Crippen molar-refractivity contribution in [2.45, 2.75) is 65.8 Å². The lowest BCUT2D eigenvalue weighted by atomic mass is 10.1. The molecule has 0 aromatic carbocycles. The van der Waals surface area contributed by atoms with Crippen molar-refractivity contribution in [2.75, 3.05) is 19.8 Å². The predicted molar refractivity (Wildman–Crippen MR) is 77.0 cm³/mol. The number of amides is 1. The molecule has 0 heterocycles. The maximum absolute atomic E-state index is 11.8. The van der Waals surface area contributed by atoms with Crippen LogP contribution < -0.4 is 10.6 Å². The van der Waals surface area contributed by atoms with Crippen molar-refractivity contribution < 1.29 is 14.3 Å². The van der Waals surface area contributed by atoms with Crippen LogP contribution in [0.15, 0.2) is 0 Å². The first kappa shape index (κ1) is 18.4. The fourth-order valence-electron chi connectivity index (χ4n) is 1.57. The molecule has 0 bridgehead atoms. The average molecular weight is 274 g/mol. The first-order valence-corrected chi connectivity index (χ1v) is 7.08. The molecule has 1 unspecified atom stereocenters. The Morgan fingerprint density at radius 3 is 2.11 bits per heavy atom. The zero-order valence-corrected chi connectivity index (χ0v) is 13.2. The maximum Gasteiger partial charge on any atom is 0.237 e. The van der Waals surface area contributed by atoms with Gasteiger partial charge in [0.25, 0.3) is 0 Å². The summed E-state index contributed by atoms with van der Waals surface area (Å²) in [7, 11) is 0. The molecule has 0 aliphatic carbocycles. The van der Waals surface area contributed by atoms with Gasteiger partial charge in [-0.3, -0.25) is 4.79 Å². The van der Waals surface area contributed by atoms with Crippen LogP contribution in [0.25, 0.3) is 0 Å². The molecule has 0 radical (unpaired) electrons. The van der Waals surface area contributed by atoms with Crippen LogP contribution in [0.5, 0.6) is 0 Å². The quantitative estimate of drug-likeness (QED) is 0.628. The Hall–Kier alpha value is -0.650. The standard InChI is InChI=1S/C14H30N2O3/c1-7-18-12(19-8-2)9-10-15-11(3)13(17)16-14(4,5)6/h11-12,15H,7-10H2,1-6H3,(H,16,17). The zero-order valence-electron chi connectivity index (χ0n) is 13.2. The van der Waals surface area contributed by atoms with E-state index in [9.17, 15) is 4.79 Å². The summed E-state index contributed by atoms with van der Waals surface area (Å²) >= 11 is 0. The summed E-state index contributed by atoms with van der Waals surface area (Å²) in [6.07, 6.45) is 0.537. The zero-order chi connectivity index (χ0) is 14.9. The third-order valence-electron chi connectivity index (χ3n) is 2.43. The smallest absolute Gasteiger partial charge is 0.237 e. The first-order chi connectivity index (χ1) is 8.80. The molecule has 1 amide bonds. The van der Waals surface area contributed by atoms with Crippen LogP contribution in [0.1, 0.15) is 48.0 Å². The highest BCUT2D eigenvalue weighted by Gasteiger charge is 2.19. The van der Waals surface area contributed by atoms with Crippen molar-refractivity contribution in [3.05, 3.63) is 0 Å². The summed E-state index contributed by atoms with van der Waals surface area (Å²) in [5, 5.41) is 6.12. The summed E-state index contributed by atoms with van der Waals surface area (Å²) in [5.41, 5.74) is -0.202. The third-order valence-corrected chi connectivity index (χ3v) is 2.43. The van der Waals surface area contributed by atoms with Crippen molar-refractivity contribution in [2.24, 2.45) is 0 Å². The molecule has 114 valence electrons. The second-order valence-electron chi connectivity index (χ2n) is 5.54. The molecule has 0 aromatic rings. The molecule has 0 aromatic heterocycles. The lowest BCUT2D eigenvalue weighted by Crippen LogP contribution is -2.49. The van der Waals surface area contributed by atoms with Gasteiger partial charge in [-0.05, 0) is 41.5 Å². The molecule has 0 aliphatic rings. The topological polar surface area (TPSA) is 59.6 Å². The predicted octanol–water partition coefficient (Wildman–Crippen LogP) is 1.67. The summed E-state index contributed by atoms with van der Waals surface area (Å²) < 4.78 is 10.9. The van der Waals surface area contributed by atoms with Crippen LogP contribution in [0.3, 0.4) is 0 Å². The highest BCUT2D eigenvalue weighted by molar-refractivity contribution is 5.81. The highest BCUT2D eigenvalue weighted by Crippen LogP contribution is 2.02.